The third kappa shape index (κ3) is 5.80. The van der Waals surface area contributed by atoms with Gasteiger partial charge >= 0.3 is 5.97 Å². The van der Waals surface area contributed by atoms with Crippen LogP contribution in [0.2, 0.25) is 0 Å². The molecule has 0 bridgehead atoms. The highest BCUT2D eigenvalue weighted by Crippen LogP contribution is 2.23. The summed E-state index contributed by atoms with van der Waals surface area (Å²) < 4.78 is 5.53. The van der Waals surface area contributed by atoms with Crippen LogP contribution in [0.15, 0.2) is 72.8 Å². The summed E-state index contributed by atoms with van der Waals surface area (Å²) in [6.07, 6.45) is 4.73. The second-order valence-electron chi connectivity index (χ2n) is 7.84. The van der Waals surface area contributed by atoms with Crippen LogP contribution in [-0.4, -0.2) is 5.97 Å². The molecular formula is C27H30O2. The summed E-state index contributed by atoms with van der Waals surface area (Å²) in [4.78, 5) is 12.5. The molecule has 0 amide bonds. The Balaban J connectivity index is 1.61. The number of benzene rings is 3. The van der Waals surface area contributed by atoms with Crippen LogP contribution in [0.25, 0.3) is 11.1 Å². The fourth-order valence-electron chi connectivity index (χ4n) is 3.33. The first-order valence-corrected chi connectivity index (χ1v) is 10.6. The average Bonchev–Trinajstić information content (AvgIpc) is 2.75. The first-order valence-electron chi connectivity index (χ1n) is 10.6. The van der Waals surface area contributed by atoms with E-state index < -0.39 is 0 Å². The number of carbonyl (C=O) groups excluding carboxylic acids is 1. The highest BCUT2D eigenvalue weighted by Gasteiger charge is 2.09. The van der Waals surface area contributed by atoms with Gasteiger partial charge in [-0.3, -0.25) is 0 Å². The highest BCUT2D eigenvalue weighted by molar-refractivity contribution is 5.91. The molecule has 2 heteroatoms. The van der Waals surface area contributed by atoms with Crippen molar-refractivity contribution in [3.63, 3.8) is 0 Å². The van der Waals surface area contributed by atoms with Crippen LogP contribution >= 0.6 is 0 Å². The van der Waals surface area contributed by atoms with Gasteiger partial charge < -0.3 is 4.74 Å². The van der Waals surface area contributed by atoms with Crippen molar-refractivity contribution in [1.82, 2.24) is 0 Å². The van der Waals surface area contributed by atoms with Crippen molar-refractivity contribution in [2.45, 2.75) is 52.4 Å². The van der Waals surface area contributed by atoms with E-state index in [9.17, 15) is 4.79 Å². The summed E-state index contributed by atoms with van der Waals surface area (Å²) in [7, 11) is 0. The maximum atomic E-state index is 12.5. The summed E-state index contributed by atoms with van der Waals surface area (Å²) in [5.41, 5.74) is 5.40. The zero-order valence-corrected chi connectivity index (χ0v) is 17.7. The quantitative estimate of drug-likeness (QED) is 0.229. The lowest BCUT2D eigenvalue weighted by molar-refractivity contribution is 0.0734. The lowest BCUT2D eigenvalue weighted by Crippen LogP contribution is -2.08. The van der Waals surface area contributed by atoms with E-state index in [1.165, 1.54) is 30.4 Å². The van der Waals surface area contributed by atoms with E-state index in [1.807, 2.05) is 48.5 Å². The highest BCUT2D eigenvalue weighted by atomic mass is 16.5. The minimum absolute atomic E-state index is 0.328. The number of unbranched alkanes of at least 4 members (excludes halogenated alkanes) is 2. The Hall–Kier alpha value is -2.87. The molecule has 0 fully saturated rings. The minimum Gasteiger partial charge on any atom is -0.423 e. The molecule has 0 heterocycles. The van der Waals surface area contributed by atoms with Crippen molar-refractivity contribution in [1.29, 1.82) is 0 Å². The average molecular weight is 387 g/mol. The Bertz CT molecular complexity index is 904. The molecule has 0 atom stereocenters. The first kappa shape index (κ1) is 20.9. The van der Waals surface area contributed by atoms with Gasteiger partial charge in [-0.1, -0.05) is 82.1 Å². The molecule has 2 nitrogen and oxygen atoms in total. The van der Waals surface area contributed by atoms with Crippen LogP contribution in [0, 0.1) is 0 Å². The Morgan fingerprint density at radius 1 is 0.793 bits per heavy atom. The number of esters is 1. The van der Waals surface area contributed by atoms with E-state index in [1.54, 1.807) is 0 Å². The Labute approximate surface area is 174 Å². The lowest BCUT2D eigenvalue weighted by atomic mass is 9.98. The second kappa shape index (κ2) is 10.1. The van der Waals surface area contributed by atoms with Gasteiger partial charge in [0, 0.05) is 0 Å². The van der Waals surface area contributed by atoms with Gasteiger partial charge in [-0.25, -0.2) is 4.79 Å². The fraction of sp³-hybridized carbons (Fsp3) is 0.296. The van der Waals surface area contributed by atoms with E-state index in [4.69, 9.17) is 4.74 Å². The van der Waals surface area contributed by atoms with Gasteiger partial charge in [0.05, 0.1) is 5.56 Å². The molecule has 0 saturated heterocycles. The number of hydrogen-bond donors (Lipinski definition) is 0. The normalized spacial score (nSPS) is 10.9. The molecule has 0 radical (unpaired) electrons. The maximum Gasteiger partial charge on any atom is 0.343 e. The topological polar surface area (TPSA) is 26.3 Å². The molecule has 3 aromatic rings. The van der Waals surface area contributed by atoms with Gasteiger partial charge in [-0.15, -0.1) is 0 Å². The smallest absolute Gasteiger partial charge is 0.343 e. The summed E-state index contributed by atoms with van der Waals surface area (Å²) in [6.45, 7) is 6.59. The molecule has 3 aromatic carbocycles. The summed E-state index contributed by atoms with van der Waals surface area (Å²) in [6, 6.07) is 24.0. The standard InChI is InChI=1S/C27H30O2/c1-4-5-6-7-21-8-18-26(19-9-21)29-27(28)25-16-14-24(15-17-25)23-12-10-22(11-13-23)20(2)3/h8-20H,4-7H2,1-3H3. The zero-order valence-electron chi connectivity index (χ0n) is 17.7. The summed E-state index contributed by atoms with van der Waals surface area (Å²) in [5, 5.41) is 0. The van der Waals surface area contributed by atoms with Crippen molar-refractivity contribution in [2.24, 2.45) is 0 Å². The van der Waals surface area contributed by atoms with Crippen LogP contribution in [0.3, 0.4) is 0 Å². The van der Waals surface area contributed by atoms with Gasteiger partial charge in [0.2, 0.25) is 0 Å². The maximum absolute atomic E-state index is 12.5. The third-order valence-electron chi connectivity index (χ3n) is 5.23. The van der Waals surface area contributed by atoms with Crippen molar-refractivity contribution >= 4 is 5.97 Å². The van der Waals surface area contributed by atoms with Crippen LogP contribution in [0.1, 0.15) is 67.4 Å². The van der Waals surface area contributed by atoms with E-state index in [0.717, 1.165) is 17.5 Å². The first-order chi connectivity index (χ1) is 14.1. The minimum atomic E-state index is -0.328. The summed E-state index contributed by atoms with van der Waals surface area (Å²) >= 11 is 0. The monoisotopic (exact) mass is 386 g/mol. The van der Waals surface area contributed by atoms with Crippen molar-refractivity contribution in [2.75, 3.05) is 0 Å². The molecule has 0 aromatic heterocycles. The number of hydrogen-bond acceptors (Lipinski definition) is 2. The Morgan fingerprint density at radius 3 is 1.93 bits per heavy atom. The fourth-order valence-corrected chi connectivity index (χ4v) is 3.33. The zero-order chi connectivity index (χ0) is 20.6. The molecule has 29 heavy (non-hydrogen) atoms. The van der Waals surface area contributed by atoms with Gasteiger partial charge in [0.25, 0.3) is 0 Å². The van der Waals surface area contributed by atoms with Crippen molar-refractivity contribution < 1.29 is 9.53 Å². The largest absolute Gasteiger partial charge is 0.423 e. The van der Waals surface area contributed by atoms with Crippen LogP contribution in [-0.2, 0) is 6.42 Å². The van der Waals surface area contributed by atoms with Gasteiger partial charge in [0.1, 0.15) is 5.75 Å². The summed E-state index contributed by atoms with van der Waals surface area (Å²) in [5.74, 6) is 0.777. The molecule has 0 N–H and O–H groups in total. The Kier molecular flexibility index (Phi) is 7.24. The van der Waals surface area contributed by atoms with Gasteiger partial charge in [0.15, 0.2) is 0 Å². The molecule has 0 aliphatic rings. The van der Waals surface area contributed by atoms with Crippen molar-refractivity contribution in [3.05, 3.63) is 89.5 Å². The predicted octanol–water partition coefficient (Wildman–Crippen LogP) is 7.43. The van der Waals surface area contributed by atoms with E-state index in [0.29, 0.717) is 17.2 Å². The van der Waals surface area contributed by atoms with Crippen LogP contribution < -0.4 is 4.74 Å². The molecule has 0 unspecified atom stereocenters. The molecule has 0 saturated carbocycles. The molecular weight excluding hydrogens is 356 g/mol. The third-order valence-corrected chi connectivity index (χ3v) is 5.23. The SMILES string of the molecule is CCCCCc1ccc(OC(=O)c2ccc(-c3ccc(C(C)C)cc3)cc2)cc1. The molecule has 3 rings (SSSR count). The molecule has 0 aliphatic carbocycles. The Morgan fingerprint density at radius 2 is 1.38 bits per heavy atom. The van der Waals surface area contributed by atoms with E-state index >= 15 is 0 Å². The van der Waals surface area contributed by atoms with E-state index in [2.05, 4.69) is 45.0 Å². The number of ether oxygens (including phenoxy) is 1. The van der Waals surface area contributed by atoms with Crippen molar-refractivity contribution in [3.8, 4) is 16.9 Å². The molecule has 0 spiro atoms. The number of rotatable bonds is 8. The van der Waals surface area contributed by atoms with Crippen LogP contribution in [0.5, 0.6) is 5.75 Å². The van der Waals surface area contributed by atoms with Gasteiger partial charge in [-0.05, 0) is 65.3 Å². The lowest BCUT2D eigenvalue weighted by Gasteiger charge is -2.08. The predicted molar refractivity (Wildman–Crippen MR) is 121 cm³/mol. The second-order valence-corrected chi connectivity index (χ2v) is 7.84. The number of aryl methyl sites for hydroxylation is 1. The van der Waals surface area contributed by atoms with Crippen LogP contribution in [0.4, 0.5) is 0 Å². The van der Waals surface area contributed by atoms with Gasteiger partial charge in [-0.2, -0.15) is 0 Å². The number of carbonyl (C=O) groups is 1. The molecule has 0 aliphatic heterocycles. The van der Waals surface area contributed by atoms with E-state index in [-0.39, 0.29) is 5.97 Å². The molecule has 150 valence electrons.